The van der Waals surface area contributed by atoms with E-state index in [1.165, 1.54) is 0 Å². The maximum absolute atomic E-state index is 4.97. The maximum Gasteiger partial charge on any atom is 0.133 e. The second-order valence-electron chi connectivity index (χ2n) is 12.5. The Balaban J connectivity index is 1.17. The van der Waals surface area contributed by atoms with E-state index in [0.717, 1.165) is 88.3 Å². The van der Waals surface area contributed by atoms with Crippen LogP contribution in [0.2, 0.25) is 0 Å². The van der Waals surface area contributed by atoms with Crippen LogP contribution in [0.1, 0.15) is 45.6 Å². The van der Waals surface area contributed by atoms with Gasteiger partial charge in [0, 0.05) is 66.3 Å². The molecule has 0 aliphatic carbocycles. The summed E-state index contributed by atoms with van der Waals surface area (Å²) in [5.74, 6) is 0. The summed E-state index contributed by atoms with van der Waals surface area (Å²) in [4.78, 5) is 28.1. The molecule has 8 aromatic heterocycles. The third-order valence-corrected chi connectivity index (χ3v) is 8.90. The van der Waals surface area contributed by atoms with E-state index in [4.69, 9.17) is 10.2 Å². The van der Waals surface area contributed by atoms with Gasteiger partial charge in [0.25, 0.3) is 0 Å². The fraction of sp³-hybridized carbons (Fsp3) is 0. The van der Waals surface area contributed by atoms with Crippen molar-refractivity contribution in [1.29, 1.82) is 0 Å². The molecule has 0 aromatic carbocycles. The van der Waals surface area contributed by atoms with Gasteiger partial charge in [0.05, 0.1) is 22.1 Å². The summed E-state index contributed by atoms with van der Waals surface area (Å²) in [5, 5.41) is 17.5. The van der Waals surface area contributed by atoms with Gasteiger partial charge in [-0.3, -0.25) is 0 Å². The number of rotatable bonds is 2. The van der Waals surface area contributed by atoms with Crippen molar-refractivity contribution in [2.75, 3.05) is 0 Å². The lowest BCUT2D eigenvalue weighted by Crippen LogP contribution is -2.14. The predicted octanol–water partition coefficient (Wildman–Crippen LogP) is 1.38. The lowest BCUT2D eigenvalue weighted by atomic mass is 10.3. The van der Waals surface area contributed by atoms with Gasteiger partial charge in [-0.15, -0.1) is 10.2 Å². The molecule has 8 N–H and O–H groups in total. The number of hydrogen-bond donors (Lipinski definition) is 8. The van der Waals surface area contributed by atoms with Crippen molar-refractivity contribution in [3.05, 3.63) is 185 Å². The molecule has 0 unspecified atom stereocenters. The summed E-state index contributed by atoms with van der Waals surface area (Å²) in [6.07, 6.45) is 12.5. The molecule has 0 amide bonds. The quantitative estimate of drug-likeness (QED) is 0.128. The van der Waals surface area contributed by atoms with Crippen molar-refractivity contribution >= 4 is 47.9 Å². The van der Waals surface area contributed by atoms with Gasteiger partial charge >= 0.3 is 0 Å². The SMILES string of the molecule is C1=c2ccc([nH]2)=Cc2ccc([nH]2)C(N=NC2=c3ccc([nH]3)=Cc3ccc([nH]3)C=c3ccc([nH]3)=Cc3ccc2[nH]3)=c2ccc([nH]2)=Cc2ccc1[nH]2. The molecule has 10 heteroatoms. The first-order valence-electron chi connectivity index (χ1n) is 16.4. The molecule has 0 fully saturated rings. The first-order valence-corrected chi connectivity index (χ1v) is 16.4. The van der Waals surface area contributed by atoms with Gasteiger partial charge in [0.15, 0.2) is 0 Å². The van der Waals surface area contributed by atoms with Crippen molar-refractivity contribution in [3.8, 4) is 0 Å². The second kappa shape index (κ2) is 11.2. The van der Waals surface area contributed by atoms with Crippen LogP contribution in [0.5, 0.6) is 0 Å². The van der Waals surface area contributed by atoms with Crippen LogP contribution in [-0.2, 0) is 0 Å². The molecule has 0 saturated heterocycles. The van der Waals surface area contributed by atoms with Crippen LogP contribution in [-0.4, -0.2) is 39.9 Å². The zero-order valence-corrected chi connectivity index (χ0v) is 26.6. The van der Waals surface area contributed by atoms with Gasteiger partial charge in [-0.2, -0.15) is 0 Å². The second-order valence-corrected chi connectivity index (χ2v) is 12.5. The summed E-state index contributed by atoms with van der Waals surface area (Å²) in [6.45, 7) is 0. The Morgan fingerprint density at radius 1 is 0.260 bits per heavy atom. The first-order chi connectivity index (χ1) is 24.6. The molecule has 0 spiro atoms. The molecule has 240 valence electrons. The molecular weight excluding hydrogens is 621 g/mol. The average molecular weight is 651 g/mol. The van der Waals surface area contributed by atoms with Crippen LogP contribution >= 0.6 is 0 Å². The van der Waals surface area contributed by atoms with E-state index in [2.05, 4.69) is 149 Å². The smallest absolute Gasteiger partial charge is 0.133 e. The highest BCUT2D eigenvalue weighted by Crippen LogP contribution is 2.19. The van der Waals surface area contributed by atoms with Gasteiger partial charge in [0.1, 0.15) is 11.4 Å². The Kier molecular flexibility index (Phi) is 6.25. The molecule has 50 heavy (non-hydrogen) atoms. The molecule has 0 saturated carbocycles. The van der Waals surface area contributed by atoms with Gasteiger partial charge in [-0.1, -0.05) is 0 Å². The van der Waals surface area contributed by atoms with E-state index in [0.29, 0.717) is 11.4 Å². The van der Waals surface area contributed by atoms with E-state index in [9.17, 15) is 0 Å². The van der Waals surface area contributed by atoms with Crippen LogP contribution in [0, 0.1) is 0 Å². The Labute approximate surface area is 282 Å². The molecule has 10 heterocycles. The highest BCUT2D eigenvalue weighted by molar-refractivity contribution is 5.67. The molecule has 10 rings (SSSR count). The van der Waals surface area contributed by atoms with Crippen molar-refractivity contribution in [2.45, 2.75) is 0 Å². The number of aromatic amines is 8. The Morgan fingerprint density at radius 2 is 0.560 bits per heavy atom. The standard InChI is InChI=1S/C40H30N10/c1-5-27-19-31-9-13-35(45-31)39(36-14-10-32(46-36)20-28-6-2-24(42-28)17-23(1)41-27)49-50-40-37-15-11-33(47-37)21-29-7-3-25(43-29)18-26-4-8-30(44-26)22-34-12-16-38(40)48-34/h1-22,41-48H. The van der Waals surface area contributed by atoms with Gasteiger partial charge < -0.3 is 39.9 Å². The minimum absolute atomic E-state index is 0.675. The first kappa shape index (κ1) is 27.9. The van der Waals surface area contributed by atoms with E-state index in [-0.39, 0.29) is 0 Å². The summed E-state index contributed by atoms with van der Waals surface area (Å²) >= 11 is 0. The fourth-order valence-corrected chi connectivity index (χ4v) is 6.54. The number of azo groups is 1. The zero-order valence-electron chi connectivity index (χ0n) is 26.6. The minimum atomic E-state index is 0.675. The van der Waals surface area contributed by atoms with Gasteiger partial charge in [-0.25, -0.2) is 0 Å². The van der Waals surface area contributed by atoms with E-state index in [1.54, 1.807) is 0 Å². The average Bonchev–Trinajstić information content (AvgIpc) is 3.94. The molecular formula is C40H30N10. The third kappa shape index (κ3) is 5.36. The fourth-order valence-electron chi connectivity index (χ4n) is 6.54. The normalized spacial score (nSPS) is 13.6. The number of nitrogens with one attached hydrogen (secondary N) is 8. The van der Waals surface area contributed by atoms with Gasteiger partial charge in [-0.05, 0) is 134 Å². The Morgan fingerprint density at radius 3 is 0.940 bits per heavy atom. The molecule has 2 aliphatic heterocycles. The Hall–Kier alpha value is -7.20. The number of H-pyrrole nitrogens is 8. The summed E-state index contributed by atoms with van der Waals surface area (Å²) in [7, 11) is 0. The number of nitrogens with zero attached hydrogens (tertiary/aromatic N) is 2. The topological polar surface area (TPSA) is 151 Å². The van der Waals surface area contributed by atoms with Crippen LogP contribution in [0.4, 0.5) is 0 Å². The van der Waals surface area contributed by atoms with Crippen molar-refractivity contribution < 1.29 is 0 Å². The minimum Gasteiger partial charge on any atom is -0.355 e. The Bertz CT molecular complexity index is 2900. The molecule has 10 nitrogen and oxygen atoms in total. The van der Waals surface area contributed by atoms with E-state index >= 15 is 0 Å². The zero-order chi connectivity index (χ0) is 33.0. The van der Waals surface area contributed by atoms with Crippen LogP contribution in [0.3, 0.4) is 0 Å². The number of aromatic nitrogens is 8. The highest BCUT2D eigenvalue weighted by Gasteiger charge is 2.11. The van der Waals surface area contributed by atoms with Crippen molar-refractivity contribution in [1.82, 2.24) is 39.9 Å². The third-order valence-electron chi connectivity index (χ3n) is 8.90. The highest BCUT2D eigenvalue weighted by atomic mass is 15.1. The molecule has 0 atom stereocenters. The predicted molar refractivity (Wildman–Crippen MR) is 195 cm³/mol. The number of fused-ring (bicyclic) bond motifs is 16. The monoisotopic (exact) mass is 650 g/mol. The molecule has 0 radical (unpaired) electrons. The van der Waals surface area contributed by atoms with Crippen LogP contribution in [0.15, 0.2) is 107 Å². The molecule has 8 aromatic rings. The van der Waals surface area contributed by atoms with E-state index in [1.807, 2.05) is 24.3 Å². The van der Waals surface area contributed by atoms with Crippen molar-refractivity contribution in [2.24, 2.45) is 10.2 Å². The molecule has 2 aliphatic rings. The summed E-state index contributed by atoms with van der Waals surface area (Å²) in [6, 6.07) is 32.9. The van der Waals surface area contributed by atoms with Crippen LogP contribution in [0.25, 0.3) is 47.9 Å². The lowest BCUT2D eigenvalue weighted by Gasteiger charge is -2.01. The van der Waals surface area contributed by atoms with Crippen LogP contribution < -0.4 is 42.8 Å². The maximum atomic E-state index is 4.97. The number of hydrogen-bond acceptors (Lipinski definition) is 2. The van der Waals surface area contributed by atoms with Crippen molar-refractivity contribution in [3.63, 3.8) is 0 Å². The molecule has 16 bridgehead atoms. The summed E-state index contributed by atoms with van der Waals surface area (Å²) in [5.41, 5.74) is 8.91. The summed E-state index contributed by atoms with van der Waals surface area (Å²) < 4.78 is 0. The van der Waals surface area contributed by atoms with Gasteiger partial charge in [0.2, 0.25) is 0 Å². The largest absolute Gasteiger partial charge is 0.355 e. The lowest BCUT2D eigenvalue weighted by molar-refractivity contribution is 1.12. The van der Waals surface area contributed by atoms with E-state index < -0.39 is 0 Å².